The largest absolute Gasteiger partial charge is 0.504 e. The van der Waals surface area contributed by atoms with Gasteiger partial charge in [0.25, 0.3) is 0 Å². The van der Waals surface area contributed by atoms with Gasteiger partial charge < -0.3 is 15.1 Å². The van der Waals surface area contributed by atoms with Crippen LogP contribution in [0.4, 0.5) is 5.69 Å². The van der Waals surface area contributed by atoms with Gasteiger partial charge in [0.15, 0.2) is 11.5 Å². The second-order valence-corrected chi connectivity index (χ2v) is 4.49. The molecular weight excluding hydrogens is 238 g/mol. The summed E-state index contributed by atoms with van der Waals surface area (Å²) in [6.45, 7) is 3.94. The summed E-state index contributed by atoms with van der Waals surface area (Å²) in [5.74, 6) is -0.126. The molecule has 0 unspecified atom stereocenters. The molecule has 0 aliphatic heterocycles. The molecule has 0 spiro atoms. The van der Waals surface area contributed by atoms with Crippen molar-refractivity contribution in [3.63, 3.8) is 0 Å². The van der Waals surface area contributed by atoms with Crippen LogP contribution in [-0.4, -0.2) is 23.3 Å². The molecule has 2 rings (SSSR count). The normalized spacial score (nSPS) is 10.4. The summed E-state index contributed by atoms with van der Waals surface area (Å²) in [4.78, 5) is 2.28. The van der Waals surface area contributed by atoms with Crippen LogP contribution in [0.25, 0.3) is 0 Å². The summed E-state index contributed by atoms with van der Waals surface area (Å²) in [6, 6.07) is 15.3. The minimum Gasteiger partial charge on any atom is -0.504 e. The number of aromatic hydroxyl groups is 2. The van der Waals surface area contributed by atoms with E-state index in [4.69, 9.17) is 0 Å². The topological polar surface area (TPSA) is 43.7 Å². The average Bonchev–Trinajstić information content (AvgIpc) is 2.44. The third kappa shape index (κ3) is 3.41. The maximum absolute atomic E-state index is 9.48. The zero-order valence-electron chi connectivity index (χ0n) is 11.1. The van der Waals surface area contributed by atoms with Crippen LogP contribution in [0.15, 0.2) is 48.5 Å². The Morgan fingerprint density at radius 3 is 2.32 bits per heavy atom. The smallest absolute Gasteiger partial charge is 0.157 e. The molecule has 3 nitrogen and oxygen atoms in total. The summed E-state index contributed by atoms with van der Waals surface area (Å²) in [7, 11) is 0. The number of phenols is 2. The van der Waals surface area contributed by atoms with E-state index in [1.807, 2.05) is 24.3 Å². The molecule has 0 aliphatic rings. The zero-order valence-corrected chi connectivity index (χ0v) is 11.1. The molecule has 0 atom stereocenters. The predicted molar refractivity (Wildman–Crippen MR) is 77.8 cm³/mol. The molecule has 100 valence electrons. The molecule has 0 bridgehead atoms. The molecule has 2 aromatic carbocycles. The Kier molecular flexibility index (Phi) is 4.29. The molecule has 0 amide bonds. The number of hydrogen-bond donors (Lipinski definition) is 2. The maximum Gasteiger partial charge on any atom is 0.157 e. The van der Waals surface area contributed by atoms with Crippen LogP contribution in [0.3, 0.4) is 0 Å². The second kappa shape index (κ2) is 6.14. The highest BCUT2D eigenvalue weighted by atomic mass is 16.3. The van der Waals surface area contributed by atoms with Crippen molar-refractivity contribution in [3.8, 4) is 11.5 Å². The molecule has 0 saturated carbocycles. The standard InChI is InChI=1S/C16H19NO2/c1-2-17(14-6-4-3-5-7-14)11-10-13-8-9-15(18)16(19)12-13/h3-9,12,18-19H,2,10-11H2,1H3. The van der Waals surface area contributed by atoms with E-state index in [9.17, 15) is 10.2 Å². The van der Waals surface area contributed by atoms with Gasteiger partial charge in [0.1, 0.15) is 0 Å². The van der Waals surface area contributed by atoms with Crippen molar-refractivity contribution in [1.29, 1.82) is 0 Å². The van der Waals surface area contributed by atoms with E-state index in [2.05, 4.69) is 24.0 Å². The van der Waals surface area contributed by atoms with Gasteiger partial charge in [-0.3, -0.25) is 0 Å². The van der Waals surface area contributed by atoms with Crippen molar-refractivity contribution >= 4 is 5.69 Å². The Morgan fingerprint density at radius 2 is 1.68 bits per heavy atom. The molecule has 2 N–H and O–H groups in total. The van der Waals surface area contributed by atoms with Gasteiger partial charge in [-0.25, -0.2) is 0 Å². The molecule has 0 aromatic heterocycles. The molecule has 19 heavy (non-hydrogen) atoms. The number of para-hydroxylation sites is 1. The van der Waals surface area contributed by atoms with Gasteiger partial charge in [-0.2, -0.15) is 0 Å². The summed E-state index contributed by atoms with van der Waals surface area (Å²) < 4.78 is 0. The van der Waals surface area contributed by atoms with Crippen molar-refractivity contribution in [3.05, 3.63) is 54.1 Å². The molecule has 0 saturated heterocycles. The average molecular weight is 257 g/mol. The highest BCUT2D eigenvalue weighted by molar-refractivity contribution is 5.46. The zero-order chi connectivity index (χ0) is 13.7. The molecule has 0 aliphatic carbocycles. The van der Waals surface area contributed by atoms with Gasteiger partial charge in [0.2, 0.25) is 0 Å². The number of nitrogens with zero attached hydrogens (tertiary/aromatic N) is 1. The van der Waals surface area contributed by atoms with Gasteiger partial charge in [-0.15, -0.1) is 0 Å². The van der Waals surface area contributed by atoms with Crippen LogP contribution < -0.4 is 4.90 Å². The van der Waals surface area contributed by atoms with Gasteiger partial charge in [-0.1, -0.05) is 24.3 Å². The maximum atomic E-state index is 9.48. The van der Waals surface area contributed by atoms with Crippen LogP contribution in [0.5, 0.6) is 11.5 Å². The minimum atomic E-state index is -0.0702. The van der Waals surface area contributed by atoms with Crippen molar-refractivity contribution in [2.24, 2.45) is 0 Å². The Labute approximate surface area is 113 Å². The number of anilines is 1. The predicted octanol–water partition coefficient (Wildman–Crippen LogP) is 3.17. The Balaban J connectivity index is 2.02. The SMILES string of the molecule is CCN(CCc1ccc(O)c(O)c1)c1ccccc1. The fraction of sp³-hybridized carbons (Fsp3) is 0.250. The van der Waals surface area contributed by atoms with Crippen LogP contribution in [0.2, 0.25) is 0 Å². The van der Waals surface area contributed by atoms with Crippen LogP contribution in [0.1, 0.15) is 12.5 Å². The first-order valence-corrected chi connectivity index (χ1v) is 6.51. The van der Waals surface area contributed by atoms with Crippen LogP contribution in [0, 0.1) is 0 Å². The highest BCUT2D eigenvalue weighted by Gasteiger charge is 2.05. The summed E-state index contributed by atoms with van der Waals surface area (Å²) in [5, 5.41) is 18.8. The number of rotatable bonds is 5. The van der Waals surface area contributed by atoms with Gasteiger partial charge in [0.05, 0.1) is 0 Å². The van der Waals surface area contributed by atoms with E-state index in [1.165, 1.54) is 11.8 Å². The lowest BCUT2D eigenvalue weighted by Gasteiger charge is -2.23. The Hall–Kier alpha value is -2.16. The van der Waals surface area contributed by atoms with E-state index >= 15 is 0 Å². The molecule has 0 fully saturated rings. The van der Waals surface area contributed by atoms with Crippen molar-refractivity contribution in [2.45, 2.75) is 13.3 Å². The lowest BCUT2D eigenvalue weighted by molar-refractivity contribution is 0.403. The van der Waals surface area contributed by atoms with E-state index in [-0.39, 0.29) is 11.5 Å². The number of hydrogen-bond acceptors (Lipinski definition) is 3. The van der Waals surface area contributed by atoms with Gasteiger partial charge in [0, 0.05) is 18.8 Å². The Bertz CT molecular complexity index is 526. The first-order valence-electron chi connectivity index (χ1n) is 6.51. The summed E-state index contributed by atoms with van der Waals surface area (Å²) >= 11 is 0. The molecule has 2 aromatic rings. The number of phenolic OH excluding ortho intramolecular Hbond substituents is 2. The second-order valence-electron chi connectivity index (χ2n) is 4.49. The monoisotopic (exact) mass is 257 g/mol. The molecular formula is C16H19NO2. The van der Waals surface area contributed by atoms with E-state index in [1.54, 1.807) is 6.07 Å². The number of likely N-dealkylation sites (N-methyl/N-ethyl adjacent to an activating group) is 1. The fourth-order valence-electron chi connectivity index (χ4n) is 2.10. The molecule has 0 heterocycles. The van der Waals surface area contributed by atoms with Gasteiger partial charge in [-0.05, 0) is 43.2 Å². The van der Waals surface area contributed by atoms with Crippen LogP contribution in [-0.2, 0) is 6.42 Å². The third-order valence-electron chi connectivity index (χ3n) is 3.21. The number of benzene rings is 2. The summed E-state index contributed by atoms with van der Waals surface area (Å²) in [6.07, 6.45) is 0.830. The lowest BCUT2D eigenvalue weighted by atomic mass is 10.1. The van der Waals surface area contributed by atoms with Crippen molar-refractivity contribution in [2.75, 3.05) is 18.0 Å². The lowest BCUT2D eigenvalue weighted by Crippen LogP contribution is -2.25. The van der Waals surface area contributed by atoms with Crippen molar-refractivity contribution in [1.82, 2.24) is 0 Å². The highest BCUT2D eigenvalue weighted by Crippen LogP contribution is 2.25. The van der Waals surface area contributed by atoms with Crippen LogP contribution >= 0.6 is 0 Å². The van der Waals surface area contributed by atoms with E-state index in [0.717, 1.165) is 25.1 Å². The first-order chi connectivity index (χ1) is 9.20. The molecule has 0 radical (unpaired) electrons. The minimum absolute atomic E-state index is 0.0553. The first kappa shape index (κ1) is 13.3. The molecule has 3 heteroatoms. The fourth-order valence-corrected chi connectivity index (χ4v) is 2.10. The van der Waals surface area contributed by atoms with E-state index in [0.29, 0.717) is 0 Å². The Morgan fingerprint density at radius 1 is 0.947 bits per heavy atom. The summed E-state index contributed by atoms with van der Waals surface area (Å²) in [5.41, 5.74) is 2.22. The van der Waals surface area contributed by atoms with E-state index < -0.39 is 0 Å². The van der Waals surface area contributed by atoms with Crippen molar-refractivity contribution < 1.29 is 10.2 Å². The third-order valence-corrected chi connectivity index (χ3v) is 3.21. The quantitative estimate of drug-likeness (QED) is 0.809. The van der Waals surface area contributed by atoms with Gasteiger partial charge >= 0.3 is 0 Å².